The summed E-state index contributed by atoms with van der Waals surface area (Å²) in [6.07, 6.45) is 2.29. The fraction of sp³-hybridized carbons (Fsp3) is 0.611. The van der Waals surface area contributed by atoms with E-state index in [0.29, 0.717) is 36.9 Å². The van der Waals surface area contributed by atoms with Crippen LogP contribution >= 0.6 is 11.3 Å². The molecule has 2 fully saturated rings. The molecule has 2 aliphatic rings. The Kier molecular flexibility index (Phi) is 5.05. The number of nitrogens with one attached hydrogen (secondary N) is 1. The first-order chi connectivity index (χ1) is 13.0. The number of likely N-dealkylation sites (tertiary alicyclic amines) is 1. The van der Waals surface area contributed by atoms with Gasteiger partial charge in [0.2, 0.25) is 0 Å². The molecule has 0 spiro atoms. The van der Waals surface area contributed by atoms with Crippen molar-refractivity contribution >= 4 is 33.6 Å². The van der Waals surface area contributed by atoms with Gasteiger partial charge in [-0.25, -0.2) is 4.79 Å². The van der Waals surface area contributed by atoms with E-state index in [0.717, 1.165) is 42.0 Å². The van der Waals surface area contributed by atoms with Crippen molar-refractivity contribution in [2.24, 2.45) is 0 Å². The second-order valence-corrected chi connectivity index (χ2v) is 8.25. The second-order valence-electron chi connectivity index (χ2n) is 7.22. The topological polar surface area (TPSA) is 96.7 Å². The third-order valence-electron chi connectivity index (χ3n) is 5.43. The molecule has 2 N–H and O–H groups in total. The van der Waals surface area contributed by atoms with Crippen LogP contribution in [0.2, 0.25) is 0 Å². The number of carbonyl (C=O) groups excluding carboxylic acids is 1. The van der Waals surface area contributed by atoms with Gasteiger partial charge in [0.25, 0.3) is 5.91 Å². The van der Waals surface area contributed by atoms with Crippen LogP contribution in [-0.2, 0) is 4.74 Å². The summed E-state index contributed by atoms with van der Waals surface area (Å²) in [5, 5.41) is 17.8. The van der Waals surface area contributed by atoms with Gasteiger partial charge in [0.15, 0.2) is 0 Å². The maximum absolute atomic E-state index is 12.7. The number of aromatic nitrogens is 2. The van der Waals surface area contributed by atoms with Gasteiger partial charge in [-0.05, 0) is 38.7 Å². The van der Waals surface area contributed by atoms with Crippen LogP contribution in [-0.4, -0.2) is 64.1 Å². The molecule has 0 saturated carbocycles. The number of carbonyl (C=O) groups is 2. The van der Waals surface area contributed by atoms with Gasteiger partial charge in [0, 0.05) is 37.7 Å². The standard InChI is InChI=1S/C18H24N4O4S/c1-11-14-10-15(16(23)19-12-2-6-21(7-3-12)18(24)25)27-17(14)22(20-11)13-4-8-26-9-5-13/h10,12-13H,2-9H2,1H3,(H,19,23)(H,24,25). The van der Waals surface area contributed by atoms with Gasteiger partial charge < -0.3 is 20.1 Å². The molecule has 0 bridgehead atoms. The minimum atomic E-state index is -0.891. The van der Waals surface area contributed by atoms with Crippen molar-refractivity contribution in [1.82, 2.24) is 20.0 Å². The molecule has 0 atom stereocenters. The molecule has 2 aliphatic heterocycles. The second kappa shape index (κ2) is 7.47. The molecule has 4 heterocycles. The summed E-state index contributed by atoms with van der Waals surface area (Å²) in [6.45, 7) is 4.40. The van der Waals surface area contributed by atoms with E-state index in [9.17, 15) is 9.59 Å². The van der Waals surface area contributed by atoms with E-state index >= 15 is 0 Å². The molecule has 9 heteroatoms. The number of amides is 2. The predicted octanol–water partition coefficient (Wildman–Crippen LogP) is 2.63. The van der Waals surface area contributed by atoms with Gasteiger partial charge >= 0.3 is 6.09 Å². The molecule has 2 aromatic heterocycles. The number of nitrogens with zero attached hydrogens (tertiary/aromatic N) is 3. The van der Waals surface area contributed by atoms with Gasteiger partial charge in [0.05, 0.1) is 16.6 Å². The van der Waals surface area contributed by atoms with Crippen LogP contribution in [0, 0.1) is 6.92 Å². The molecule has 2 amide bonds. The van der Waals surface area contributed by atoms with E-state index in [4.69, 9.17) is 14.9 Å². The van der Waals surface area contributed by atoms with Crippen molar-refractivity contribution < 1.29 is 19.4 Å². The molecule has 0 radical (unpaired) electrons. The van der Waals surface area contributed by atoms with Gasteiger partial charge in [-0.15, -0.1) is 11.3 Å². The Morgan fingerprint density at radius 2 is 1.96 bits per heavy atom. The van der Waals surface area contributed by atoms with Crippen LogP contribution in [0.1, 0.15) is 47.1 Å². The first kappa shape index (κ1) is 18.2. The fourth-order valence-corrected chi connectivity index (χ4v) is 4.97. The highest BCUT2D eigenvalue weighted by Crippen LogP contribution is 2.33. The lowest BCUT2D eigenvalue weighted by Crippen LogP contribution is -2.46. The average molecular weight is 392 g/mol. The molecule has 8 nitrogen and oxygen atoms in total. The largest absolute Gasteiger partial charge is 0.465 e. The SMILES string of the molecule is Cc1nn(C2CCOCC2)c2sc(C(=O)NC3CCN(C(=O)O)CC3)cc12. The molecule has 0 aliphatic carbocycles. The highest BCUT2D eigenvalue weighted by Gasteiger charge is 2.26. The quantitative estimate of drug-likeness (QED) is 0.837. The first-order valence-electron chi connectivity index (χ1n) is 9.38. The average Bonchev–Trinajstić information content (AvgIpc) is 3.24. The maximum atomic E-state index is 12.7. The van der Waals surface area contributed by atoms with E-state index in [2.05, 4.69) is 10.00 Å². The molecular weight excluding hydrogens is 368 g/mol. The number of fused-ring (bicyclic) bond motifs is 1. The van der Waals surface area contributed by atoms with E-state index in [1.165, 1.54) is 16.2 Å². The summed E-state index contributed by atoms with van der Waals surface area (Å²) in [6, 6.07) is 2.27. The van der Waals surface area contributed by atoms with Crippen molar-refractivity contribution in [2.45, 2.75) is 44.7 Å². The summed E-state index contributed by atoms with van der Waals surface area (Å²) >= 11 is 1.48. The Balaban J connectivity index is 1.47. The predicted molar refractivity (Wildman–Crippen MR) is 102 cm³/mol. The van der Waals surface area contributed by atoms with E-state index < -0.39 is 6.09 Å². The van der Waals surface area contributed by atoms with Crippen molar-refractivity contribution in [3.8, 4) is 0 Å². The third-order valence-corrected chi connectivity index (χ3v) is 6.55. The maximum Gasteiger partial charge on any atom is 0.407 e. The van der Waals surface area contributed by atoms with E-state index in [1.807, 2.05) is 13.0 Å². The minimum Gasteiger partial charge on any atom is -0.465 e. The molecule has 0 unspecified atom stereocenters. The van der Waals surface area contributed by atoms with Crippen LogP contribution in [0.3, 0.4) is 0 Å². The van der Waals surface area contributed by atoms with E-state index in [1.54, 1.807) is 0 Å². The van der Waals surface area contributed by atoms with Crippen LogP contribution in [0.5, 0.6) is 0 Å². The summed E-state index contributed by atoms with van der Waals surface area (Å²) in [4.78, 5) is 26.8. The van der Waals surface area contributed by atoms with Gasteiger partial charge in [-0.1, -0.05) is 0 Å². The molecule has 4 rings (SSSR count). The van der Waals surface area contributed by atoms with Crippen molar-refractivity contribution in [2.75, 3.05) is 26.3 Å². The van der Waals surface area contributed by atoms with Gasteiger partial charge in [-0.2, -0.15) is 5.10 Å². The fourth-order valence-electron chi connectivity index (χ4n) is 3.83. The van der Waals surface area contributed by atoms with Crippen molar-refractivity contribution in [3.63, 3.8) is 0 Å². The Morgan fingerprint density at radius 3 is 2.63 bits per heavy atom. The number of rotatable bonds is 3. The van der Waals surface area contributed by atoms with Gasteiger partial charge in [0.1, 0.15) is 4.83 Å². The number of piperidine rings is 1. The highest BCUT2D eigenvalue weighted by atomic mass is 32.1. The van der Waals surface area contributed by atoms with Crippen LogP contribution in [0.4, 0.5) is 4.79 Å². The smallest absolute Gasteiger partial charge is 0.407 e. The Hall–Kier alpha value is -2.13. The van der Waals surface area contributed by atoms with Crippen molar-refractivity contribution in [1.29, 1.82) is 0 Å². The van der Waals surface area contributed by atoms with Crippen LogP contribution < -0.4 is 5.32 Å². The lowest BCUT2D eigenvalue weighted by Gasteiger charge is -2.30. The summed E-state index contributed by atoms with van der Waals surface area (Å²) in [5.41, 5.74) is 0.946. The number of ether oxygens (including phenoxy) is 1. The van der Waals surface area contributed by atoms with E-state index in [-0.39, 0.29) is 11.9 Å². The van der Waals surface area contributed by atoms with Crippen LogP contribution in [0.25, 0.3) is 10.2 Å². The highest BCUT2D eigenvalue weighted by molar-refractivity contribution is 7.20. The third kappa shape index (κ3) is 3.66. The molecule has 27 heavy (non-hydrogen) atoms. The van der Waals surface area contributed by atoms with Crippen LogP contribution in [0.15, 0.2) is 6.07 Å². The number of carboxylic acid groups (broad SMARTS) is 1. The molecule has 146 valence electrons. The van der Waals surface area contributed by atoms with Gasteiger partial charge in [-0.3, -0.25) is 9.48 Å². The number of hydrogen-bond acceptors (Lipinski definition) is 5. The summed E-state index contributed by atoms with van der Waals surface area (Å²) < 4.78 is 7.52. The number of thiophene rings is 1. The first-order valence-corrected chi connectivity index (χ1v) is 10.2. The summed E-state index contributed by atoms with van der Waals surface area (Å²) in [5.74, 6) is -0.0806. The zero-order chi connectivity index (χ0) is 19.0. The molecular formula is C18H24N4O4S. The normalized spacial score (nSPS) is 19.5. The lowest BCUT2D eigenvalue weighted by atomic mass is 10.1. The number of hydrogen-bond donors (Lipinski definition) is 2. The minimum absolute atomic E-state index is 0.0198. The van der Waals surface area contributed by atoms with Crippen molar-refractivity contribution in [3.05, 3.63) is 16.6 Å². The Bertz CT molecular complexity index is 847. The Morgan fingerprint density at radius 1 is 1.26 bits per heavy atom. The molecule has 2 aromatic rings. The Labute approximate surface area is 161 Å². The molecule has 0 aromatic carbocycles. The molecule has 2 saturated heterocycles. The zero-order valence-electron chi connectivity index (χ0n) is 15.3. The number of aryl methyl sites for hydroxylation is 1. The zero-order valence-corrected chi connectivity index (χ0v) is 16.1. The lowest BCUT2D eigenvalue weighted by molar-refractivity contribution is 0.0675. The summed E-state index contributed by atoms with van der Waals surface area (Å²) in [7, 11) is 0. The monoisotopic (exact) mass is 392 g/mol.